The molecule has 8 nitrogen and oxygen atoms in total. The van der Waals surface area contributed by atoms with E-state index in [1.165, 1.54) is 0 Å². The van der Waals surface area contributed by atoms with Crippen LogP contribution in [0.5, 0.6) is 5.75 Å². The number of nitriles is 1. The third-order valence-corrected chi connectivity index (χ3v) is 9.01. The smallest absolute Gasteiger partial charge is 0.335 e. The van der Waals surface area contributed by atoms with Crippen molar-refractivity contribution in [2.24, 2.45) is 33.9 Å². The molecule has 6 rings (SSSR count). The topological polar surface area (TPSA) is 138 Å². The van der Waals surface area contributed by atoms with Gasteiger partial charge in [0.1, 0.15) is 11.6 Å². The molecule has 0 aliphatic heterocycles. The van der Waals surface area contributed by atoms with Gasteiger partial charge in [-0.05, 0) is 98.7 Å². The summed E-state index contributed by atoms with van der Waals surface area (Å²) in [7, 11) is 0. The number of nitrogens with zero attached hydrogens (tertiary/aromatic N) is 2. The van der Waals surface area contributed by atoms with Crippen LogP contribution in [0.25, 0.3) is 0 Å². The highest BCUT2D eigenvalue weighted by molar-refractivity contribution is 6.30. The van der Waals surface area contributed by atoms with Crippen molar-refractivity contribution in [1.29, 1.82) is 5.26 Å². The summed E-state index contributed by atoms with van der Waals surface area (Å²) in [6, 6.07) is 15.7. The van der Waals surface area contributed by atoms with Crippen LogP contribution in [0.4, 0.5) is 0 Å². The van der Waals surface area contributed by atoms with E-state index in [0.717, 1.165) is 37.7 Å². The van der Waals surface area contributed by atoms with Crippen LogP contribution in [0.1, 0.15) is 61.4 Å². The molecule has 2 aromatic carbocycles. The Morgan fingerprint density at radius 1 is 1.15 bits per heavy atom. The molecule has 4 fully saturated rings. The first kappa shape index (κ1) is 27.0. The van der Waals surface area contributed by atoms with Crippen LogP contribution in [-0.4, -0.2) is 34.5 Å². The van der Waals surface area contributed by atoms with Crippen LogP contribution < -0.4 is 15.8 Å². The summed E-state index contributed by atoms with van der Waals surface area (Å²) in [6.45, 7) is 2.15. The standard InChI is InChI=1S/C30H33ClN4O4/c1-29(10-11-32,39-24-8-6-23(31)7-9-24)27(33)35-25-21-12-19-13-22(25)16-30(14-19,15-21)28(38)34-17-18-2-4-20(5-3-18)26(36)37/h2-9,19,21-22,25H,10,12-17H2,1H3,(H2,33,35)(H,34,38)(H,36,37). The van der Waals surface area contributed by atoms with Crippen molar-refractivity contribution in [1.82, 2.24) is 5.32 Å². The maximum Gasteiger partial charge on any atom is 0.335 e. The summed E-state index contributed by atoms with van der Waals surface area (Å²) >= 11 is 6.00. The number of amides is 1. The van der Waals surface area contributed by atoms with Gasteiger partial charge in [0.25, 0.3) is 0 Å². The molecule has 3 unspecified atom stereocenters. The maximum atomic E-state index is 13.5. The Bertz CT molecular complexity index is 1300. The molecule has 0 heterocycles. The van der Waals surface area contributed by atoms with Crippen molar-refractivity contribution in [2.75, 3.05) is 0 Å². The lowest BCUT2D eigenvalue weighted by Gasteiger charge is -2.58. The average molecular weight is 549 g/mol. The van der Waals surface area contributed by atoms with Gasteiger partial charge in [0.15, 0.2) is 5.60 Å². The minimum atomic E-state index is -1.08. The monoisotopic (exact) mass is 548 g/mol. The largest absolute Gasteiger partial charge is 0.479 e. The van der Waals surface area contributed by atoms with Crippen LogP contribution in [-0.2, 0) is 11.3 Å². The molecule has 4 N–H and O–H groups in total. The third kappa shape index (κ3) is 5.46. The zero-order chi connectivity index (χ0) is 27.8. The molecule has 4 aliphatic rings. The van der Waals surface area contributed by atoms with Crippen molar-refractivity contribution < 1.29 is 19.4 Å². The number of hydrogen-bond donors (Lipinski definition) is 3. The molecule has 0 aromatic heterocycles. The fraction of sp³-hybridized carbons (Fsp3) is 0.467. The van der Waals surface area contributed by atoms with Crippen molar-refractivity contribution >= 4 is 29.3 Å². The predicted octanol–water partition coefficient (Wildman–Crippen LogP) is 4.96. The molecule has 4 bridgehead atoms. The molecule has 4 saturated carbocycles. The van der Waals surface area contributed by atoms with Gasteiger partial charge in [-0.1, -0.05) is 23.7 Å². The van der Waals surface area contributed by atoms with Gasteiger partial charge in [0.2, 0.25) is 5.91 Å². The molecule has 0 saturated heterocycles. The van der Waals surface area contributed by atoms with Gasteiger partial charge < -0.3 is 20.9 Å². The van der Waals surface area contributed by atoms with E-state index in [2.05, 4.69) is 11.4 Å². The highest BCUT2D eigenvalue weighted by Crippen LogP contribution is 2.61. The number of hydrogen-bond acceptors (Lipinski definition) is 5. The minimum absolute atomic E-state index is 0.00197. The van der Waals surface area contributed by atoms with Gasteiger partial charge in [-0.3, -0.25) is 9.79 Å². The average Bonchev–Trinajstić information content (AvgIpc) is 2.90. The van der Waals surface area contributed by atoms with E-state index < -0.39 is 17.0 Å². The molecular weight excluding hydrogens is 516 g/mol. The van der Waals surface area contributed by atoms with Gasteiger partial charge >= 0.3 is 5.97 Å². The van der Waals surface area contributed by atoms with Crippen molar-refractivity contribution in [3.63, 3.8) is 0 Å². The van der Waals surface area contributed by atoms with E-state index in [-0.39, 0.29) is 35.8 Å². The number of nitrogens with two attached hydrogens (primary N) is 1. The Morgan fingerprint density at radius 3 is 2.38 bits per heavy atom. The number of aromatic carboxylic acids is 1. The van der Waals surface area contributed by atoms with Crippen LogP contribution in [0.3, 0.4) is 0 Å². The first-order valence-electron chi connectivity index (χ1n) is 13.4. The molecule has 9 heteroatoms. The Balaban J connectivity index is 1.29. The number of carbonyl (C=O) groups is 2. The fourth-order valence-corrected chi connectivity index (χ4v) is 7.14. The molecule has 0 radical (unpaired) electrons. The quantitative estimate of drug-likeness (QED) is 0.299. The molecule has 4 aliphatic carbocycles. The van der Waals surface area contributed by atoms with Gasteiger partial charge in [0, 0.05) is 11.6 Å². The van der Waals surface area contributed by atoms with E-state index in [9.17, 15) is 14.9 Å². The predicted molar refractivity (Wildman–Crippen MR) is 147 cm³/mol. The number of aliphatic imine (C=N–C) groups is 1. The Kier molecular flexibility index (Phi) is 7.30. The van der Waals surface area contributed by atoms with Crippen LogP contribution >= 0.6 is 11.6 Å². The van der Waals surface area contributed by atoms with E-state index >= 15 is 0 Å². The van der Waals surface area contributed by atoms with Crippen molar-refractivity contribution in [3.05, 3.63) is 64.7 Å². The number of carboxylic acid groups (broad SMARTS) is 1. The maximum absolute atomic E-state index is 13.5. The first-order chi connectivity index (χ1) is 18.6. The summed E-state index contributed by atoms with van der Waals surface area (Å²) in [5.74, 6) is 0.955. The number of carboxylic acids is 1. The minimum Gasteiger partial charge on any atom is -0.479 e. The second-order valence-electron chi connectivity index (χ2n) is 11.6. The fourth-order valence-electron chi connectivity index (χ4n) is 7.01. The molecule has 1 amide bonds. The molecule has 204 valence electrons. The summed E-state index contributed by atoms with van der Waals surface area (Å²) in [6.07, 6.45) is 4.51. The zero-order valence-corrected chi connectivity index (χ0v) is 22.7. The van der Waals surface area contributed by atoms with Gasteiger partial charge in [-0.25, -0.2) is 4.79 Å². The number of rotatable bonds is 9. The van der Waals surface area contributed by atoms with E-state index in [1.807, 2.05) is 0 Å². The summed E-state index contributed by atoms with van der Waals surface area (Å²) in [5.41, 5.74) is 6.16. The first-order valence-corrected chi connectivity index (χ1v) is 13.7. The second-order valence-corrected chi connectivity index (χ2v) is 12.0. The third-order valence-electron chi connectivity index (χ3n) is 8.76. The summed E-state index contributed by atoms with van der Waals surface area (Å²) < 4.78 is 6.17. The van der Waals surface area contributed by atoms with E-state index in [0.29, 0.717) is 29.1 Å². The van der Waals surface area contributed by atoms with E-state index in [4.69, 9.17) is 32.2 Å². The lowest BCUT2D eigenvalue weighted by molar-refractivity contribution is -0.148. The number of carbonyl (C=O) groups excluding carboxylic acids is 1. The van der Waals surface area contributed by atoms with Gasteiger partial charge in [0.05, 0.1) is 29.5 Å². The summed E-state index contributed by atoms with van der Waals surface area (Å²) in [5, 5.41) is 22.3. The molecule has 39 heavy (non-hydrogen) atoms. The number of ether oxygens (including phenoxy) is 1. The highest BCUT2D eigenvalue weighted by atomic mass is 35.5. The van der Waals surface area contributed by atoms with Crippen LogP contribution in [0.2, 0.25) is 5.02 Å². The SMILES string of the molecule is CC(CC#N)(Oc1ccc(Cl)cc1)C(N)=NC1C2CC3CC1CC(C(=O)NCc1ccc(C(=O)O)cc1)(C3)C2. The molecular formula is C30H33ClN4O4. The molecule has 3 atom stereocenters. The number of nitrogens with one attached hydrogen (secondary N) is 1. The highest BCUT2D eigenvalue weighted by Gasteiger charge is 2.58. The Morgan fingerprint density at radius 2 is 1.79 bits per heavy atom. The number of benzene rings is 2. The number of halogens is 1. The number of amidine groups is 1. The summed E-state index contributed by atoms with van der Waals surface area (Å²) in [4.78, 5) is 29.6. The van der Waals surface area contributed by atoms with Crippen molar-refractivity contribution in [2.45, 2.75) is 63.6 Å². The van der Waals surface area contributed by atoms with Gasteiger partial charge in [-0.2, -0.15) is 5.26 Å². The van der Waals surface area contributed by atoms with Crippen LogP contribution in [0.15, 0.2) is 53.5 Å². The second kappa shape index (κ2) is 10.5. The van der Waals surface area contributed by atoms with Gasteiger partial charge in [-0.15, -0.1) is 0 Å². The van der Waals surface area contributed by atoms with Crippen LogP contribution in [0, 0.1) is 34.5 Å². The Hall–Kier alpha value is -3.57. The van der Waals surface area contributed by atoms with E-state index in [1.54, 1.807) is 55.5 Å². The molecule has 0 spiro atoms. The lowest BCUT2D eigenvalue weighted by atomic mass is 9.47. The zero-order valence-electron chi connectivity index (χ0n) is 21.9. The molecule has 2 aromatic rings. The Labute approximate surface area is 233 Å². The lowest BCUT2D eigenvalue weighted by Crippen LogP contribution is -2.58. The normalized spacial score (nSPS) is 28.8. The van der Waals surface area contributed by atoms with Crippen molar-refractivity contribution in [3.8, 4) is 11.8 Å².